The first kappa shape index (κ1) is 30.6. The summed E-state index contributed by atoms with van der Waals surface area (Å²) >= 11 is 5.90. The lowest BCUT2D eigenvalue weighted by molar-refractivity contribution is -0.384. The van der Waals surface area contributed by atoms with Gasteiger partial charge in [0.2, 0.25) is 5.91 Å². The Morgan fingerprint density at radius 1 is 1.10 bits per heavy atom. The Bertz CT molecular complexity index is 1210. The van der Waals surface area contributed by atoms with Crippen LogP contribution in [-0.2, 0) is 25.4 Å². The lowest BCUT2D eigenvalue weighted by Crippen LogP contribution is -2.71. The van der Waals surface area contributed by atoms with E-state index in [-0.39, 0.29) is 54.0 Å². The van der Waals surface area contributed by atoms with Crippen LogP contribution in [0.4, 0.5) is 5.69 Å². The predicted octanol–water partition coefficient (Wildman–Crippen LogP) is 4.26. The number of non-ortho nitro benzene ring substituents is 1. The molecule has 0 spiro atoms. The quantitative estimate of drug-likeness (QED) is 0.0757. The number of nitrogens with zero attached hydrogens (tertiary/aromatic N) is 2. The SMILES string of the molecule is C[C@@H](C(=S)c1ccccc1)[C@@H]1[C@H]([C@H](C(C)(C)C)C(C)(C)O[SiH3])C(=O)N1CC(=O)OCc1ccc([N+](=O)[O-])cc1. The van der Waals surface area contributed by atoms with Crippen molar-refractivity contribution >= 4 is 45.1 Å². The molecule has 210 valence electrons. The van der Waals surface area contributed by atoms with Crippen LogP contribution in [0.1, 0.15) is 52.7 Å². The Morgan fingerprint density at radius 2 is 1.69 bits per heavy atom. The monoisotopic (exact) mass is 570 g/mol. The van der Waals surface area contributed by atoms with Crippen molar-refractivity contribution in [2.45, 2.75) is 59.8 Å². The van der Waals surface area contributed by atoms with E-state index in [1.54, 1.807) is 17.0 Å². The van der Waals surface area contributed by atoms with Crippen LogP contribution in [0, 0.1) is 33.3 Å². The summed E-state index contributed by atoms with van der Waals surface area (Å²) in [6.45, 7) is 12.2. The van der Waals surface area contributed by atoms with E-state index in [0.29, 0.717) is 16.0 Å². The highest BCUT2D eigenvalue weighted by atomic mass is 32.1. The van der Waals surface area contributed by atoms with Gasteiger partial charge in [-0.15, -0.1) is 0 Å². The number of rotatable bonds is 11. The lowest BCUT2D eigenvalue weighted by atomic mass is 9.58. The van der Waals surface area contributed by atoms with Crippen LogP contribution in [0.5, 0.6) is 0 Å². The molecule has 0 bridgehead atoms. The van der Waals surface area contributed by atoms with Crippen molar-refractivity contribution in [2.75, 3.05) is 6.54 Å². The van der Waals surface area contributed by atoms with Gasteiger partial charge in [-0.05, 0) is 42.5 Å². The van der Waals surface area contributed by atoms with Crippen molar-refractivity contribution in [3.05, 3.63) is 75.8 Å². The van der Waals surface area contributed by atoms with Crippen LogP contribution < -0.4 is 0 Å². The summed E-state index contributed by atoms with van der Waals surface area (Å²) in [6, 6.07) is 15.2. The largest absolute Gasteiger partial charge is 0.459 e. The highest BCUT2D eigenvalue weighted by Crippen LogP contribution is 2.50. The van der Waals surface area contributed by atoms with Gasteiger partial charge in [0.05, 0.1) is 22.5 Å². The minimum atomic E-state index is -0.547. The van der Waals surface area contributed by atoms with E-state index >= 15 is 0 Å². The van der Waals surface area contributed by atoms with Crippen LogP contribution in [0.25, 0.3) is 0 Å². The number of thiocarbonyl (C=S) groups is 1. The second-order valence-corrected chi connectivity index (χ2v) is 12.6. The molecule has 0 unspecified atom stereocenters. The molecule has 8 nitrogen and oxygen atoms in total. The van der Waals surface area contributed by atoms with Crippen LogP contribution in [0.15, 0.2) is 54.6 Å². The average Bonchev–Trinajstić information content (AvgIpc) is 2.89. The summed E-state index contributed by atoms with van der Waals surface area (Å²) in [4.78, 5) is 39.4. The fourth-order valence-electron chi connectivity index (χ4n) is 5.92. The highest BCUT2D eigenvalue weighted by molar-refractivity contribution is 7.80. The molecule has 0 radical (unpaired) electrons. The molecule has 0 aliphatic carbocycles. The molecule has 39 heavy (non-hydrogen) atoms. The van der Waals surface area contributed by atoms with Crippen molar-refractivity contribution in [3.8, 4) is 0 Å². The number of nitro groups is 1. The Labute approximate surface area is 238 Å². The second kappa shape index (κ2) is 12.1. The molecule has 1 aliphatic rings. The van der Waals surface area contributed by atoms with Gasteiger partial charge in [0.25, 0.3) is 5.69 Å². The lowest BCUT2D eigenvalue weighted by Gasteiger charge is -2.58. The third-order valence-corrected chi connectivity index (χ3v) is 9.35. The molecule has 0 N–H and O–H groups in total. The number of likely N-dealkylation sites (tertiary alicyclic amines) is 1. The maximum Gasteiger partial charge on any atom is 0.325 e. The maximum absolute atomic E-state index is 13.8. The zero-order valence-electron chi connectivity index (χ0n) is 23.7. The van der Waals surface area contributed by atoms with Gasteiger partial charge in [0, 0.05) is 28.8 Å². The fourth-order valence-corrected chi connectivity index (χ4v) is 6.45. The normalized spacial score (nSPS) is 19.2. The predicted molar refractivity (Wildman–Crippen MR) is 157 cm³/mol. The van der Waals surface area contributed by atoms with Crippen LogP contribution in [-0.4, -0.2) is 55.2 Å². The highest BCUT2D eigenvalue weighted by Gasteiger charge is 2.59. The van der Waals surface area contributed by atoms with Gasteiger partial charge in [0.15, 0.2) is 0 Å². The van der Waals surface area contributed by atoms with Crippen molar-refractivity contribution in [2.24, 2.45) is 23.2 Å². The molecular weight excluding hydrogens is 532 g/mol. The Kier molecular flexibility index (Phi) is 9.46. The first-order chi connectivity index (χ1) is 18.2. The van der Waals surface area contributed by atoms with Crippen molar-refractivity contribution in [1.82, 2.24) is 4.90 Å². The van der Waals surface area contributed by atoms with Crippen molar-refractivity contribution in [1.29, 1.82) is 0 Å². The molecule has 1 fully saturated rings. The third kappa shape index (κ3) is 6.80. The van der Waals surface area contributed by atoms with Crippen LogP contribution in [0.3, 0.4) is 0 Å². The average molecular weight is 571 g/mol. The molecule has 10 heteroatoms. The molecule has 4 atom stereocenters. The molecule has 1 aliphatic heterocycles. The molecule has 2 aromatic carbocycles. The van der Waals surface area contributed by atoms with Gasteiger partial charge in [-0.3, -0.25) is 19.7 Å². The summed E-state index contributed by atoms with van der Waals surface area (Å²) in [5.74, 6) is -1.35. The number of esters is 1. The summed E-state index contributed by atoms with van der Waals surface area (Å²) < 4.78 is 11.5. The molecule has 0 aromatic heterocycles. The molecule has 1 amide bonds. The Morgan fingerprint density at radius 3 is 2.21 bits per heavy atom. The van der Waals surface area contributed by atoms with Gasteiger partial charge in [0.1, 0.15) is 23.6 Å². The van der Waals surface area contributed by atoms with E-state index < -0.39 is 16.5 Å². The molecule has 1 saturated heterocycles. The number of benzene rings is 2. The standard InChI is InChI=1S/C29H38N2O6SSi/c1-18(25(38)20-10-8-7-9-11-20)24-23(26(28(2,3)4)29(5,6)37-39)27(33)30(24)16-22(32)36-17-19-12-14-21(15-13-19)31(34)35/h7-15,18,23-24,26H,16-17H2,1-6,39H3/t18-,23-,24-,26-/m1/s1. The maximum atomic E-state index is 13.8. The van der Waals surface area contributed by atoms with Crippen molar-refractivity contribution in [3.63, 3.8) is 0 Å². The number of hydrogen-bond acceptors (Lipinski definition) is 7. The van der Waals surface area contributed by atoms with Gasteiger partial charge in [-0.25, -0.2) is 0 Å². The Hall–Kier alpha value is -2.95. The van der Waals surface area contributed by atoms with E-state index in [4.69, 9.17) is 21.4 Å². The number of amides is 1. The van der Waals surface area contributed by atoms with Gasteiger partial charge in [-0.2, -0.15) is 0 Å². The van der Waals surface area contributed by atoms with Gasteiger partial charge in [-0.1, -0.05) is 70.2 Å². The molecule has 2 aromatic rings. The zero-order chi connectivity index (χ0) is 29.1. The molecule has 1 heterocycles. The van der Waals surface area contributed by atoms with E-state index in [9.17, 15) is 19.7 Å². The number of ether oxygens (including phenoxy) is 1. The van der Waals surface area contributed by atoms with Crippen LogP contribution in [0.2, 0.25) is 0 Å². The molecule has 3 rings (SSSR count). The minimum absolute atomic E-state index is 0.0384. The Balaban J connectivity index is 1.85. The topological polar surface area (TPSA) is 99.0 Å². The van der Waals surface area contributed by atoms with Gasteiger partial charge < -0.3 is 14.1 Å². The van der Waals surface area contributed by atoms with E-state index in [2.05, 4.69) is 20.8 Å². The minimum Gasteiger partial charge on any atom is -0.459 e. The first-order valence-corrected chi connectivity index (χ1v) is 14.3. The summed E-state index contributed by atoms with van der Waals surface area (Å²) in [5, 5.41) is 10.9. The van der Waals surface area contributed by atoms with E-state index in [1.165, 1.54) is 12.1 Å². The first-order valence-electron chi connectivity index (χ1n) is 13.0. The molecular formula is C29H38N2O6SSi. The van der Waals surface area contributed by atoms with Crippen molar-refractivity contribution < 1.29 is 23.7 Å². The number of carbonyl (C=O) groups excluding carboxylic acids is 2. The number of carbonyl (C=O) groups is 2. The zero-order valence-corrected chi connectivity index (χ0v) is 26.5. The van der Waals surface area contributed by atoms with Crippen LogP contribution >= 0.6 is 12.2 Å². The number of β-lactam (4-membered cyclic amide) rings is 1. The molecule has 0 saturated carbocycles. The number of nitro benzene ring substituents is 1. The summed E-state index contributed by atoms with van der Waals surface area (Å²) in [6.07, 6.45) is 0. The summed E-state index contributed by atoms with van der Waals surface area (Å²) in [7, 11) is 0.528. The van der Waals surface area contributed by atoms with E-state index in [0.717, 1.165) is 10.4 Å². The fraction of sp³-hybridized carbons (Fsp3) is 0.483. The van der Waals surface area contributed by atoms with Gasteiger partial charge >= 0.3 is 5.97 Å². The third-order valence-electron chi connectivity index (χ3n) is 7.69. The number of hydrogen-bond donors (Lipinski definition) is 0. The summed E-state index contributed by atoms with van der Waals surface area (Å²) in [5.41, 5.74) is 0.715. The smallest absolute Gasteiger partial charge is 0.325 e. The van der Waals surface area contributed by atoms with E-state index in [1.807, 2.05) is 51.1 Å². The second-order valence-electron chi connectivity index (χ2n) is 11.7.